The molecule has 0 spiro atoms. The average molecular weight is 304 g/mol. The zero-order chi connectivity index (χ0) is 15.2. The zero-order valence-electron chi connectivity index (χ0n) is 13.1. The first kappa shape index (κ1) is 15.8. The van der Waals surface area contributed by atoms with E-state index in [1.807, 2.05) is 12.1 Å². The van der Waals surface area contributed by atoms with Crippen molar-refractivity contribution in [3.05, 3.63) is 39.8 Å². The molecule has 0 amide bonds. The van der Waals surface area contributed by atoms with Gasteiger partial charge in [0, 0.05) is 11.8 Å². The average Bonchev–Trinajstić information content (AvgIpc) is 2.90. The van der Waals surface area contributed by atoms with Gasteiger partial charge in [-0.05, 0) is 30.0 Å². The van der Waals surface area contributed by atoms with Gasteiger partial charge < -0.3 is 10.5 Å². The number of aromatic nitrogens is 1. The molecule has 3 nitrogen and oxygen atoms in total. The van der Waals surface area contributed by atoms with Crippen LogP contribution in [0, 0.1) is 0 Å². The van der Waals surface area contributed by atoms with E-state index >= 15 is 0 Å². The molecule has 2 aromatic rings. The summed E-state index contributed by atoms with van der Waals surface area (Å²) in [4.78, 5) is 4.66. The van der Waals surface area contributed by atoms with E-state index in [1.165, 1.54) is 11.3 Å². The largest absolute Gasteiger partial charge is 0.491 e. The van der Waals surface area contributed by atoms with Gasteiger partial charge in [0.05, 0.1) is 23.0 Å². The normalized spacial score (nSPS) is 11.0. The van der Waals surface area contributed by atoms with E-state index in [1.54, 1.807) is 11.3 Å². The molecule has 2 N–H and O–H groups in total. The Morgan fingerprint density at radius 2 is 2.14 bits per heavy atom. The molecule has 1 aromatic carbocycles. The number of rotatable bonds is 7. The Morgan fingerprint density at radius 1 is 1.33 bits per heavy atom. The Morgan fingerprint density at radius 3 is 2.76 bits per heavy atom. The number of benzene rings is 1. The molecule has 1 aromatic heterocycles. The maximum atomic E-state index is 6.07. The van der Waals surface area contributed by atoms with Crippen LogP contribution in [0.3, 0.4) is 0 Å². The molecule has 0 aliphatic rings. The lowest BCUT2D eigenvalue weighted by molar-refractivity contribution is 0.311. The molecule has 0 unspecified atom stereocenters. The van der Waals surface area contributed by atoms with E-state index in [-0.39, 0.29) is 0 Å². The van der Waals surface area contributed by atoms with Crippen LogP contribution in [0.4, 0.5) is 5.69 Å². The summed E-state index contributed by atoms with van der Waals surface area (Å²) in [6.07, 6.45) is 3.01. The maximum absolute atomic E-state index is 6.07. The molecule has 0 bridgehead atoms. The van der Waals surface area contributed by atoms with Gasteiger partial charge in [-0.1, -0.05) is 33.3 Å². The molecule has 0 aliphatic heterocycles. The Balaban J connectivity index is 2.02. The summed E-state index contributed by atoms with van der Waals surface area (Å²) in [5.74, 6) is 1.27. The second kappa shape index (κ2) is 7.46. The molecule has 0 saturated carbocycles. The lowest BCUT2D eigenvalue weighted by atomic mass is 10.1. The molecular weight excluding hydrogens is 280 g/mol. The molecule has 0 atom stereocenters. The van der Waals surface area contributed by atoms with Crippen LogP contribution in [0.1, 0.15) is 55.8 Å². The molecule has 0 saturated heterocycles. The van der Waals surface area contributed by atoms with Crippen LogP contribution >= 0.6 is 11.3 Å². The van der Waals surface area contributed by atoms with E-state index in [9.17, 15) is 0 Å². The van der Waals surface area contributed by atoms with Crippen molar-refractivity contribution in [2.24, 2.45) is 0 Å². The number of unbranched alkanes of at least 4 members (excludes halogenated alkanes) is 1. The monoisotopic (exact) mass is 304 g/mol. The molecule has 21 heavy (non-hydrogen) atoms. The van der Waals surface area contributed by atoms with Gasteiger partial charge in [0.1, 0.15) is 5.75 Å². The minimum Gasteiger partial charge on any atom is -0.491 e. The number of nitrogens with zero attached hydrogens (tertiary/aromatic N) is 1. The molecule has 0 fully saturated rings. The highest BCUT2D eigenvalue weighted by molar-refractivity contribution is 7.09. The molecule has 1 heterocycles. The van der Waals surface area contributed by atoms with Crippen molar-refractivity contribution in [3.63, 3.8) is 0 Å². The van der Waals surface area contributed by atoms with Gasteiger partial charge >= 0.3 is 0 Å². The van der Waals surface area contributed by atoms with Gasteiger partial charge in [0.25, 0.3) is 0 Å². The van der Waals surface area contributed by atoms with E-state index in [4.69, 9.17) is 10.5 Å². The number of nitrogens with two attached hydrogens (primary N) is 1. The fourth-order valence-corrected chi connectivity index (χ4v) is 3.00. The SMILES string of the molecule is CCCCOc1ccc(Cc2nc(C(C)C)cs2)cc1N. The highest BCUT2D eigenvalue weighted by atomic mass is 32.1. The molecule has 0 radical (unpaired) electrons. The highest BCUT2D eigenvalue weighted by Crippen LogP contribution is 2.25. The van der Waals surface area contributed by atoms with Crippen molar-refractivity contribution >= 4 is 17.0 Å². The fraction of sp³-hybridized carbons (Fsp3) is 0.471. The van der Waals surface area contributed by atoms with Crippen LogP contribution in [0.25, 0.3) is 0 Å². The predicted molar refractivity (Wildman–Crippen MR) is 90.3 cm³/mol. The number of hydrogen-bond acceptors (Lipinski definition) is 4. The molecule has 2 rings (SSSR count). The Labute approximate surface area is 131 Å². The second-order valence-corrected chi connectivity index (χ2v) is 6.51. The molecule has 0 aliphatic carbocycles. The molecule has 114 valence electrons. The van der Waals surface area contributed by atoms with Gasteiger partial charge in [0.2, 0.25) is 0 Å². The van der Waals surface area contributed by atoms with Crippen molar-refractivity contribution in [2.45, 2.75) is 46.0 Å². The van der Waals surface area contributed by atoms with E-state index in [0.717, 1.165) is 36.6 Å². The van der Waals surface area contributed by atoms with Crippen molar-refractivity contribution in [2.75, 3.05) is 12.3 Å². The van der Waals surface area contributed by atoms with Crippen LogP contribution in [0.5, 0.6) is 5.75 Å². The molecular formula is C17H24N2OS. The lowest BCUT2D eigenvalue weighted by Gasteiger charge is -2.09. The van der Waals surface area contributed by atoms with E-state index < -0.39 is 0 Å². The highest BCUT2D eigenvalue weighted by Gasteiger charge is 2.08. The van der Waals surface area contributed by atoms with Gasteiger partial charge in [0.15, 0.2) is 0 Å². The standard InChI is InChI=1S/C17H24N2OS/c1-4-5-8-20-16-7-6-13(9-14(16)18)10-17-19-15(11-21-17)12(2)3/h6-7,9,11-12H,4-5,8,10,18H2,1-3H3. The zero-order valence-corrected chi connectivity index (χ0v) is 13.9. The second-order valence-electron chi connectivity index (χ2n) is 5.57. The minimum atomic E-state index is 0.481. The summed E-state index contributed by atoms with van der Waals surface area (Å²) in [5.41, 5.74) is 9.13. The third-order valence-electron chi connectivity index (χ3n) is 3.35. The van der Waals surface area contributed by atoms with E-state index in [2.05, 4.69) is 37.2 Å². The smallest absolute Gasteiger partial charge is 0.142 e. The Hall–Kier alpha value is -1.55. The quantitative estimate of drug-likeness (QED) is 0.600. The summed E-state index contributed by atoms with van der Waals surface area (Å²) in [6.45, 7) is 7.21. The molecule has 4 heteroatoms. The van der Waals surface area contributed by atoms with Crippen molar-refractivity contribution < 1.29 is 4.74 Å². The first-order valence-electron chi connectivity index (χ1n) is 7.55. The summed E-state index contributed by atoms with van der Waals surface area (Å²) >= 11 is 1.72. The topological polar surface area (TPSA) is 48.1 Å². The van der Waals surface area contributed by atoms with Crippen LogP contribution in [-0.4, -0.2) is 11.6 Å². The minimum absolute atomic E-state index is 0.481. The van der Waals surface area contributed by atoms with Gasteiger partial charge in [-0.25, -0.2) is 4.98 Å². The van der Waals surface area contributed by atoms with Crippen LogP contribution in [-0.2, 0) is 6.42 Å². The predicted octanol–water partition coefficient (Wildman–Crippen LogP) is 4.62. The maximum Gasteiger partial charge on any atom is 0.142 e. The van der Waals surface area contributed by atoms with Gasteiger partial charge in [-0.15, -0.1) is 11.3 Å². The van der Waals surface area contributed by atoms with Gasteiger partial charge in [-0.3, -0.25) is 0 Å². The van der Waals surface area contributed by atoms with Crippen LogP contribution in [0.15, 0.2) is 23.6 Å². The fourth-order valence-electron chi connectivity index (χ4n) is 2.01. The number of hydrogen-bond donors (Lipinski definition) is 1. The van der Waals surface area contributed by atoms with Gasteiger partial charge in [-0.2, -0.15) is 0 Å². The van der Waals surface area contributed by atoms with Crippen LogP contribution in [0.2, 0.25) is 0 Å². The third-order valence-corrected chi connectivity index (χ3v) is 4.21. The summed E-state index contributed by atoms with van der Waals surface area (Å²) in [6, 6.07) is 6.04. The lowest BCUT2D eigenvalue weighted by Crippen LogP contribution is -2.01. The first-order chi connectivity index (χ1) is 10.1. The van der Waals surface area contributed by atoms with Crippen LogP contribution < -0.4 is 10.5 Å². The Bertz CT molecular complexity index is 578. The summed E-state index contributed by atoms with van der Waals surface area (Å²) in [5, 5.41) is 3.28. The summed E-state index contributed by atoms with van der Waals surface area (Å²) in [7, 11) is 0. The summed E-state index contributed by atoms with van der Waals surface area (Å²) < 4.78 is 5.68. The third kappa shape index (κ3) is 4.46. The van der Waals surface area contributed by atoms with Crippen molar-refractivity contribution in [1.82, 2.24) is 4.98 Å². The first-order valence-corrected chi connectivity index (χ1v) is 8.43. The number of anilines is 1. The Kier molecular flexibility index (Phi) is 5.62. The van der Waals surface area contributed by atoms with E-state index in [0.29, 0.717) is 11.6 Å². The number of ether oxygens (including phenoxy) is 1. The van der Waals surface area contributed by atoms with Crippen molar-refractivity contribution in [3.8, 4) is 5.75 Å². The number of thiazole rings is 1. The number of nitrogen functional groups attached to an aromatic ring is 1. The van der Waals surface area contributed by atoms with Crippen molar-refractivity contribution in [1.29, 1.82) is 0 Å².